The van der Waals surface area contributed by atoms with Gasteiger partial charge in [0.05, 0.1) is 5.41 Å². The Kier molecular flexibility index (Phi) is 3.67. The lowest BCUT2D eigenvalue weighted by atomic mass is 9.82. The minimum atomic E-state index is -0.397. The standard InChI is InChI=1S/C19H25FN2O/c1-22-16-3-2-4-17(22)12-15(11-16)21-18(23)19(9-10-19)13-5-7-14(20)8-6-13/h5-8,15-17H,2-4,9-12H2,1H3,(H,21,23)/t16-,17-/m0/s1. The molecule has 2 bridgehead atoms. The molecule has 3 nitrogen and oxygen atoms in total. The molecular weight excluding hydrogens is 291 g/mol. The van der Waals surface area contributed by atoms with Crippen molar-refractivity contribution < 1.29 is 9.18 Å². The van der Waals surface area contributed by atoms with Crippen molar-refractivity contribution >= 4 is 5.91 Å². The lowest BCUT2D eigenvalue weighted by molar-refractivity contribution is -0.125. The molecule has 4 rings (SSSR count). The number of hydrogen-bond donors (Lipinski definition) is 1. The van der Waals surface area contributed by atoms with E-state index in [4.69, 9.17) is 0 Å². The van der Waals surface area contributed by atoms with Crippen molar-refractivity contribution in [3.63, 3.8) is 0 Å². The first kappa shape index (κ1) is 15.1. The van der Waals surface area contributed by atoms with Gasteiger partial charge in [-0.15, -0.1) is 0 Å². The van der Waals surface area contributed by atoms with Gasteiger partial charge in [-0.1, -0.05) is 18.6 Å². The largest absolute Gasteiger partial charge is 0.352 e. The zero-order chi connectivity index (χ0) is 16.0. The summed E-state index contributed by atoms with van der Waals surface area (Å²) < 4.78 is 13.1. The number of halogens is 1. The van der Waals surface area contributed by atoms with Crippen LogP contribution in [0.2, 0.25) is 0 Å². The average molecular weight is 316 g/mol. The van der Waals surface area contributed by atoms with Crippen molar-refractivity contribution in [2.75, 3.05) is 7.05 Å². The van der Waals surface area contributed by atoms with Gasteiger partial charge < -0.3 is 10.2 Å². The smallest absolute Gasteiger partial charge is 0.230 e. The Bertz CT molecular complexity index is 582. The minimum Gasteiger partial charge on any atom is -0.352 e. The summed E-state index contributed by atoms with van der Waals surface area (Å²) in [5.41, 5.74) is 0.566. The zero-order valence-corrected chi connectivity index (χ0v) is 13.7. The quantitative estimate of drug-likeness (QED) is 0.930. The summed E-state index contributed by atoms with van der Waals surface area (Å²) in [6, 6.07) is 8.00. The fraction of sp³-hybridized carbons (Fsp3) is 0.632. The molecule has 1 aromatic carbocycles. The highest BCUT2D eigenvalue weighted by atomic mass is 19.1. The molecule has 2 heterocycles. The van der Waals surface area contributed by atoms with Gasteiger partial charge in [0.25, 0.3) is 0 Å². The average Bonchev–Trinajstić information content (AvgIpc) is 3.31. The van der Waals surface area contributed by atoms with Crippen LogP contribution in [0.25, 0.3) is 0 Å². The van der Waals surface area contributed by atoms with Crippen LogP contribution in [0.1, 0.15) is 50.5 Å². The first-order valence-corrected chi connectivity index (χ1v) is 8.87. The second-order valence-corrected chi connectivity index (χ2v) is 7.63. The monoisotopic (exact) mass is 316 g/mol. The maximum absolute atomic E-state index is 13.1. The Labute approximate surface area is 137 Å². The molecule has 0 aromatic heterocycles. The topological polar surface area (TPSA) is 32.3 Å². The molecule has 124 valence electrons. The van der Waals surface area contributed by atoms with Crippen LogP contribution in [0.5, 0.6) is 0 Å². The summed E-state index contributed by atoms with van der Waals surface area (Å²) in [4.78, 5) is 15.4. The maximum Gasteiger partial charge on any atom is 0.230 e. The van der Waals surface area contributed by atoms with Crippen LogP contribution in [0.15, 0.2) is 24.3 Å². The number of nitrogens with zero attached hydrogens (tertiary/aromatic N) is 1. The van der Waals surface area contributed by atoms with E-state index in [0.717, 1.165) is 31.2 Å². The molecule has 4 heteroatoms. The number of nitrogens with one attached hydrogen (secondary N) is 1. The number of benzene rings is 1. The molecule has 2 aliphatic heterocycles. The van der Waals surface area contributed by atoms with E-state index in [1.54, 1.807) is 12.1 Å². The van der Waals surface area contributed by atoms with E-state index < -0.39 is 5.41 Å². The third kappa shape index (κ3) is 2.67. The molecule has 1 aromatic rings. The van der Waals surface area contributed by atoms with Crippen LogP contribution >= 0.6 is 0 Å². The normalized spacial score (nSPS) is 32.3. The van der Waals surface area contributed by atoms with Gasteiger partial charge in [-0.2, -0.15) is 0 Å². The Morgan fingerprint density at radius 3 is 2.35 bits per heavy atom. The van der Waals surface area contributed by atoms with Crippen molar-refractivity contribution in [3.8, 4) is 0 Å². The Hall–Kier alpha value is -1.42. The van der Waals surface area contributed by atoms with E-state index in [1.165, 1.54) is 31.4 Å². The van der Waals surface area contributed by atoms with Gasteiger partial charge in [0, 0.05) is 18.1 Å². The Morgan fingerprint density at radius 2 is 1.78 bits per heavy atom. The van der Waals surface area contributed by atoms with Crippen LogP contribution in [0.4, 0.5) is 4.39 Å². The second kappa shape index (κ2) is 5.59. The van der Waals surface area contributed by atoms with Crippen LogP contribution in [0, 0.1) is 5.82 Å². The molecule has 0 spiro atoms. The number of carbonyl (C=O) groups is 1. The van der Waals surface area contributed by atoms with Crippen molar-refractivity contribution in [2.24, 2.45) is 0 Å². The minimum absolute atomic E-state index is 0.150. The molecule has 0 radical (unpaired) electrons. The maximum atomic E-state index is 13.1. The highest BCUT2D eigenvalue weighted by molar-refractivity contribution is 5.91. The molecule has 3 fully saturated rings. The molecule has 0 unspecified atom stereocenters. The van der Waals surface area contributed by atoms with Crippen molar-refractivity contribution in [1.29, 1.82) is 0 Å². The van der Waals surface area contributed by atoms with Crippen LogP contribution < -0.4 is 5.32 Å². The summed E-state index contributed by atoms with van der Waals surface area (Å²) in [5.74, 6) is -0.0927. The van der Waals surface area contributed by atoms with Crippen molar-refractivity contribution in [2.45, 2.75) is 68.5 Å². The summed E-state index contributed by atoms with van der Waals surface area (Å²) in [5, 5.41) is 3.32. The second-order valence-electron chi connectivity index (χ2n) is 7.63. The van der Waals surface area contributed by atoms with Gasteiger partial charge in [0.2, 0.25) is 5.91 Å². The predicted octanol–water partition coefficient (Wildman–Crippen LogP) is 2.99. The SMILES string of the molecule is CN1[C@H]2CCC[C@H]1CC(NC(=O)C1(c3ccc(F)cc3)CC1)C2. The van der Waals surface area contributed by atoms with E-state index in [0.29, 0.717) is 18.1 Å². The number of carbonyl (C=O) groups excluding carboxylic acids is 1. The van der Waals surface area contributed by atoms with Gasteiger partial charge in [-0.3, -0.25) is 4.79 Å². The molecule has 3 aliphatic rings. The van der Waals surface area contributed by atoms with Gasteiger partial charge in [0.1, 0.15) is 5.82 Å². The number of hydrogen-bond acceptors (Lipinski definition) is 2. The summed E-state index contributed by atoms with van der Waals surface area (Å²) >= 11 is 0. The first-order chi connectivity index (χ1) is 11.1. The fourth-order valence-corrected chi connectivity index (χ4v) is 4.60. The van der Waals surface area contributed by atoms with E-state index in [1.807, 2.05) is 0 Å². The van der Waals surface area contributed by atoms with E-state index in [-0.39, 0.29) is 11.7 Å². The first-order valence-electron chi connectivity index (χ1n) is 8.87. The van der Waals surface area contributed by atoms with E-state index in [9.17, 15) is 9.18 Å². The Balaban J connectivity index is 1.45. The van der Waals surface area contributed by atoms with Gasteiger partial charge >= 0.3 is 0 Å². The van der Waals surface area contributed by atoms with E-state index in [2.05, 4.69) is 17.3 Å². The van der Waals surface area contributed by atoms with Crippen LogP contribution in [-0.2, 0) is 10.2 Å². The third-order valence-corrected chi connectivity index (χ3v) is 6.26. The van der Waals surface area contributed by atoms with Gasteiger partial charge in [0.15, 0.2) is 0 Å². The molecule has 1 N–H and O–H groups in total. The van der Waals surface area contributed by atoms with Crippen LogP contribution in [-0.4, -0.2) is 36.0 Å². The molecule has 1 saturated carbocycles. The van der Waals surface area contributed by atoms with E-state index >= 15 is 0 Å². The molecule has 2 atom stereocenters. The molecule has 23 heavy (non-hydrogen) atoms. The predicted molar refractivity (Wildman–Crippen MR) is 87.7 cm³/mol. The van der Waals surface area contributed by atoms with Crippen LogP contribution in [0.3, 0.4) is 0 Å². The molecule has 2 saturated heterocycles. The lowest BCUT2D eigenvalue weighted by Gasteiger charge is -2.47. The van der Waals surface area contributed by atoms with Gasteiger partial charge in [-0.05, 0) is 63.3 Å². The number of fused-ring (bicyclic) bond motifs is 2. The van der Waals surface area contributed by atoms with Crippen molar-refractivity contribution in [3.05, 3.63) is 35.6 Å². The summed E-state index contributed by atoms with van der Waals surface area (Å²) in [6.07, 6.45) is 7.72. The summed E-state index contributed by atoms with van der Waals surface area (Å²) in [7, 11) is 2.23. The lowest BCUT2D eigenvalue weighted by Crippen LogP contribution is -2.56. The number of amides is 1. The van der Waals surface area contributed by atoms with Crippen molar-refractivity contribution in [1.82, 2.24) is 10.2 Å². The highest BCUT2D eigenvalue weighted by Gasteiger charge is 2.52. The van der Waals surface area contributed by atoms with Gasteiger partial charge in [-0.25, -0.2) is 4.39 Å². The summed E-state index contributed by atoms with van der Waals surface area (Å²) in [6.45, 7) is 0. The molecule has 1 amide bonds. The zero-order valence-electron chi connectivity index (χ0n) is 13.7. The molecule has 1 aliphatic carbocycles. The molecular formula is C19H25FN2O. The number of rotatable bonds is 3. The highest BCUT2D eigenvalue weighted by Crippen LogP contribution is 2.48. The Morgan fingerprint density at radius 1 is 1.17 bits per heavy atom. The number of piperidine rings is 2. The fourth-order valence-electron chi connectivity index (χ4n) is 4.60. The third-order valence-electron chi connectivity index (χ3n) is 6.26.